The van der Waals surface area contributed by atoms with Crippen LogP contribution >= 0.6 is 0 Å². The summed E-state index contributed by atoms with van der Waals surface area (Å²) in [5, 5.41) is 0. The van der Waals surface area contributed by atoms with E-state index in [1.54, 1.807) is 0 Å². The molecule has 1 fully saturated rings. The predicted octanol–water partition coefficient (Wildman–Crippen LogP) is 1.76. The summed E-state index contributed by atoms with van der Waals surface area (Å²) in [6.45, 7) is 8.64. The fourth-order valence-corrected chi connectivity index (χ4v) is 2.06. The quantitative estimate of drug-likeness (QED) is 0.866. The van der Waals surface area contributed by atoms with Crippen molar-refractivity contribution in [1.29, 1.82) is 0 Å². The second-order valence-corrected chi connectivity index (χ2v) is 5.24. The largest absolute Gasteiger partial charge is 0.378 e. The number of ether oxygens (including phenoxy) is 1. The molecule has 0 radical (unpaired) electrons. The van der Waals surface area contributed by atoms with Crippen LogP contribution in [0.15, 0.2) is 24.3 Å². The first-order valence-corrected chi connectivity index (χ1v) is 6.27. The van der Waals surface area contributed by atoms with E-state index in [0.29, 0.717) is 6.54 Å². The molecule has 17 heavy (non-hydrogen) atoms. The van der Waals surface area contributed by atoms with Gasteiger partial charge in [-0.1, -0.05) is 26.0 Å². The number of benzene rings is 1. The zero-order valence-electron chi connectivity index (χ0n) is 10.8. The molecular weight excluding hydrogens is 212 g/mol. The van der Waals surface area contributed by atoms with E-state index in [9.17, 15) is 0 Å². The predicted molar refractivity (Wildman–Crippen MR) is 71.6 cm³/mol. The molecule has 1 aliphatic rings. The summed E-state index contributed by atoms with van der Waals surface area (Å²) in [6, 6.07) is 8.72. The van der Waals surface area contributed by atoms with E-state index >= 15 is 0 Å². The van der Waals surface area contributed by atoms with E-state index in [1.165, 1.54) is 11.3 Å². The summed E-state index contributed by atoms with van der Waals surface area (Å²) < 4.78 is 5.38. The zero-order valence-corrected chi connectivity index (χ0v) is 10.8. The van der Waals surface area contributed by atoms with Gasteiger partial charge in [0.2, 0.25) is 0 Å². The van der Waals surface area contributed by atoms with Gasteiger partial charge in [-0.2, -0.15) is 0 Å². The Balaban J connectivity index is 2.21. The molecule has 0 saturated carbocycles. The molecular formula is C14H22N2O. The van der Waals surface area contributed by atoms with Crippen LogP contribution in [0.1, 0.15) is 19.4 Å². The first-order chi connectivity index (χ1) is 8.13. The minimum Gasteiger partial charge on any atom is -0.378 e. The molecule has 1 aliphatic heterocycles. The second-order valence-electron chi connectivity index (χ2n) is 5.24. The maximum Gasteiger partial charge on any atom is 0.0642 e. The van der Waals surface area contributed by atoms with Crippen LogP contribution in [0.5, 0.6) is 0 Å². The summed E-state index contributed by atoms with van der Waals surface area (Å²) in [5.41, 5.74) is 8.47. The van der Waals surface area contributed by atoms with Crippen LogP contribution in [0, 0.1) is 0 Å². The van der Waals surface area contributed by atoms with Crippen molar-refractivity contribution in [3.63, 3.8) is 0 Å². The Bertz CT molecular complexity index is 370. The minimum atomic E-state index is 0.0439. The lowest BCUT2D eigenvalue weighted by molar-refractivity contribution is 0.122. The van der Waals surface area contributed by atoms with Crippen LogP contribution in [0.4, 0.5) is 5.69 Å². The van der Waals surface area contributed by atoms with Crippen LogP contribution in [-0.2, 0) is 10.2 Å². The fraction of sp³-hybridized carbons (Fsp3) is 0.571. The zero-order chi connectivity index (χ0) is 12.3. The third-order valence-corrected chi connectivity index (χ3v) is 3.51. The Morgan fingerprint density at radius 3 is 2.65 bits per heavy atom. The number of anilines is 1. The van der Waals surface area contributed by atoms with Crippen LogP contribution in [-0.4, -0.2) is 32.8 Å². The van der Waals surface area contributed by atoms with Gasteiger partial charge in [-0.15, -0.1) is 0 Å². The van der Waals surface area contributed by atoms with E-state index in [0.717, 1.165) is 26.3 Å². The van der Waals surface area contributed by atoms with Gasteiger partial charge in [0.25, 0.3) is 0 Å². The monoisotopic (exact) mass is 234 g/mol. The first kappa shape index (κ1) is 12.4. The molecule has 0 bridgehead atoms. The van der Waals surface area contributed by atoms with Gasteiger partial charge in [0.05, 0.1) is 13.2 Å². The van der Waals surface area contributed by atoms with E-state index in [2.05, 4.69) is 43.0 Å². The van der Waals surface area contributed by atoms with Crippen LogP contribution < -0.4 is 10.6 Å². The van der Waals surface area contributed by atoms with Gasteiger partial charge in [0.15, 0.2) is 0 Å². The third kappa shape index (κ3) is 2.79. The molecule has 3 heteroatoms. The SMILES string of the molecule is CC(C)(CN)c1cccc(N2CCOCC2)c1. The molecule has 3 nitrogen and oxygen atoms in total. The maximum absolute atomic E-state index is 5.83. The van der Waals surface area contributed by atoms with Crippen molar-refractivity contribution < 1.29 is 4.74 Å². The van der Waals surface area contributed by atoms with E-state index in [4.69, 9.17) is 10.5 Å². The molecule has 1 aromatic carbocycles. The lowest BCUT2D eigenvalue weighted by Gasteiger charge is -2.31. The molecule has 0 spiro atoms. The normalized spacial score (nSPS) is 17.2. The summed E-state index contributed by atoms with van der Waals surface area (Å²) in [4.78, 5) is 2.37. The van der Waals surface area contributed by atoms with E-state index in [-0.39, 0.29) is 5.41 Å². The van der Waals surface area contributed by atoms with Crippen molar-refractivity contribution in [2.24, 2.45) is 5.73 Å². The van der Waals surface area contributed by atoms with Crippen molar-refractivity contribution in [2.45, 2.75) is 19.3 Å². The average Bonchev–Trinajstić information content (AvgIpc) is 2.40. The van der Waals surface area contributed by atoms with E-state index in [1.807, 2.05) is 0 Å². The fourth-order valence-electron chi connectivity index (χ4n) is 2.06. The van der Waals surface area contributed by atoms with Gasteiger partial charge < -0.3 is 15.4 Å². The highest BCUT2D eigenvalue weighted by atomic mass is 16.5. The summed E-state index contributed by atoms with van der Waals surface area (Å²) in [6.07, 6.45) is 0. The molecule has 1 aromatic rings. The van der Waals surface area contributed by atoms with Gasteiger partial charge in [-0.3, -0.25) is 0 Å². The highest BCUT2D eigenvalue weighted by Crippen LogP contribution is 2.26. The van der Waals surface area contributed by atoms with Gasteiger partial charge in [0, 0.05) is 30.7 Å². The third-order valence-electron chi connectivity index (χ3n) is 3.51. The summed E-state index contributed by atoms with van der Waals surface area (Å²) >= 11 is 0. The molecule has 1 heterocycles. The van der Waals surface area contributed by atoms with Gasteiger partial charge in [-0.05, 0) is 17.7 Å². The number of hydrogen-bond acceptors (Lipinski definition) is 3. The molecule has 0 aliphatic carbocycles. The number of morpholine rings is 1. The van der Waals surface area contributed by atoms with Gasteiger partial charge in [0.1, 0.15) is 0 Å². The number of nitrogens with zero attached hydrogens (tertiary/aromatic N) is 1. The lowest BCUT2D eigenvalue weighted by atomic mass is 9.84. The van der Waals surface area contributed by atoms with Crippen molar-refractivity contribution >= 4 is 5.69 Å². The van der Waals surface area contributed by atoms with Crippen molar-refractivity contribution in [3.05, 3.63) is 29.8 Å². The molecule has 0 unspecified atom stereocenters. The summed E-state index contributed by atoms with van der Waals surface area (Å²) in [7, 11) is 0. The molecule has 2 N–H and O–H groups in total. The topological polar surface area (TPSA) is 38.5 Å². The molecule has 2 rings (SSSR count). The van der Waals surface area contributed by atoms with Crippen LogP contribution in [0.3, 0.4) is 0 Å². The van der Waals surface area contributed by atoms with Crippen LogP contribution in [0.2, 0.25) is 0 Å². The summed E-state index contributed by atoms with van der Waals surface area (Å²) in [5.74, 6) is 0. The molecule has 1 saturated heterocycles. The Labute approximate surface area is 104 Å². The first-order valence-electron chi connectivity index (χ1n) is 6.27. The Morgan fingerprint density at radius 2 is 2.00 bits per heavy atom. The molecule has 94 valence electrons. The second kappa shape index (κ2) is 5.07. The van der Waals surface area contributed by atoms with E-state index < -0.39 is 0 Å². The van der Waals surface area contributed by atoms with Crippen molar-refractivity contribution in [3.8, 4) is 0 Å². The number of hydrogen-bond donors (Lipinski definition) is 1. The number of nitrogens with two attached hydrogens (primary N) is 1. The van der Waals surface area contributed by atoms with Crippen molar-refractivity contribution in [1.82, 2.24) is 0 Å². The lowest BCUT2D eigenvalue weighted by Crippen LogP contribution is -2.36. The molecule has 0 amide bonds. The smallest absolute Gasteiger partial charge is 0.0642 e. The standard InChI is InChI=1S/C14H22N2O/c1-14(2,11-15)12-4-3-5-13(10-12)16-6-8-17-9-7-16/h3-5,10H,6-9,11,15H2,1-2H3. The van der Waals surface area contributed by atoms with Gasteiger partial charge >= 0.3 is 0 Å². The van der Waals surface area contributed by atoms with Gasteiger partial charge in [-0.25, -0.2) is 0 Å². The molecule has 0 atom stereocenters. The minimum absolute atomic E-state index is 0.0439. The Kier molecular flexibility index (Phi) is 3.69. The highest BCUT2D eigenvalue weighted by Gasteiger charge is 2.20. The van der Waals surface area contributed by atoms with Crippen LogP contribution in [0.25, 0.3) is 0 Å². The average molecular weight is 234 g/mol. The highest BCUT2D eigenvalue weighted by molar-refractivity contribution is 5.50. The molecule has 0 aromatic heterocycles. The Hall–Kier alpha value is -1.06. The van der Waals surface area contributed by atoms with Crippen molar-refractivity contribution in [2.75, 3.05) is 37.7 Å². The maximum atomic E-state index is 5.83. The number of rotatable bonds is 3. The Morgan fingerprint density at radius 1 is 1.29 bits per heavy atom.